The van der Waals surface area contributed by atoms with Crippen LogP contribution in [0.5, 0.6) is 5.75 Å². The minimum Gasteiger partial charge on any atom is -0.505 e. The Labute approximate surface area is 248 Å². The molecule has 0 amide bonds. The van der Waals surface area contributed by atoms with E-state index in [1.54, 1.807) is 36.5 Å². The summed E-state index contributed by atoms with van der Waals surface area (Å²) in [4.78, 5) is 22.6. The molecule has 5 rings (SSSR count). The molecule has 5 aromatic rings. The van der Waals surface area contributed by atoms with E-state index in [1.165, 1.54) is 23.5 Å². The number of aromatic nitrogens is 4. The minimum absolute atomic E-state index is 0.0690. The maximum absolute atomic E-state index is 14.5. The molecule has 2 aromatic carbocycles. The molecule has 0 spiro atoms. The summed E-state index contributed by atoms with van der Waals surface area (Å²) in [7, 11) is -2.05. The molecule has 0 saturated heterocycles. The number of Topliss-reactive ketones (excluding diaryl/α,β-unsaturated/α-hetero) is 1. The van der Waals surface area contributed by atoms with E-state index in [1.807, 2.05) is 26.0 Å². The molecule has 0 aliphatic rings. The van der Waals surface area contributed by atoms with Crippen LogP contribution in [0.2, 0.25) is 0 Å². The zero-order valence-electron chi connectivity index (χ0n) is 24.1. The second kappa shape index (κ2) is 11.8. The molecule has 43 heavy (non-hydrogen) atoms. The number of para-hydroxylation sites is 1. The number of aromatic hydroxyl groups is 1. The van der Waals surface area contributed by atoms with Gasteiger partial charge in [0.15, 0.2) is 17.3 Å². The van der Waals surface area contributed by atoms with Crippen molar-refractivity contribution >= 4 is 38.2 Å². The van der Waals surface area contributed by atoms with Crippen molar-refractivity contribution in [2.45, 2.75) is 33.2 Å². The Kier molecular flexibility index (Phi) is 8.14. The summed E-state index contributed by atoms with van der Waals surface area (Å²) >= 11 is 0. The quantitative estimate of drug-likeness (QED) is 0.186. The lowest BCUT2D eigenvalue weighted by atomic mass is 10.00. The van der Waals surface area contributed by atoms with Gasteiger partial charge in [0.2, 0.25) is 10.0 Å². The molecule has 222 valence electrons. The number of ketones is 1. The highest BCUT2D eigenvalue weighted by Gasteiger charge is 2.22. The molecule has 0 fully saturated rings. The number of aromatic amines is 1. The minimum atomic E-state index is -3.53. The molecule has 0 atom stereocenters. The number of nitrogens with zero attached hydrogens (tertiary/aromatic N) is 4. The molecule has 0 bridgehead atoms. The molecule has 0 unspecified atom stereocenters. The summed E-state index contributed by atoms with van der Waals surface area (Å²) < 4.78 is 40.3. The molecule has 10 nitrogen and oxygen atoms in total. The number of anilines is 2. The number of benzene rings is 2. The van der Waals surface area contributed by atoms with Crippen molar-refractivity contribution in [1.82, 2.24) is 20.2 Å². The van der Waals surface area contributed by atoms with Crippen LogP contribution in [0.1, 0.15) is 39.8 Å². The largest absolute Gasteiger partial charge is 0.505 e. The Morgan fingerprint density at radius 1 is 1.12 bits per heavy atom. The van der Waals surface area contributed by atoms with Gasteiger partial charge in [-0.15, -0.1) is 0 Å². The van der Waals surface area contributed by atoms with Gasteiger partial charge in [0.1, 0.15) is 11.5 Å². The molecular formula is C31H31FN6O4S. The van der Waals surface area contributed by atoms with Crippen molar-refractivity contribution in [2.75, 3.05) is 22.9 Å². The first-order chi connectivity index (χ1) is 20.5. The van der Waals surface area contributed by atoms with Crippen LogP contribution >= 0.6 is 0 Å². The average Bonchev–Trinajstić information content (AvgIpc) is 3.42. The Morgan fingerprint density at radius 3 is 2.58 bits per heavy atom. The first kappa shape index (κ1) is 29.6. The van der Waals surface area contributed by atoms with Crippen molar-refractivity contribution in [1.29, 1.82) is 0 Å². The van der Waals surface area contributed by atoms with Crippen LogP contribution in [0.3, 0.4) is 0 Å². The number of halogens is 1. The third-order valence-corrected chi connectivity index (χ3v) is 8.44. The lowest BCUT2D eigenvalue weighted by molar-refractivity contribution is 0.0989. The molecule has 0 aliphatic heterocycles. The summed E-state index contributed by atoms with van der Waals surface area (Å²) in [5, 5.41) is 20.9. The maximum Gasteiger partial charge on any atom is 0.232 e. The fourth-order valence-corrected chi connectivity index (χ4v) is 5.38. The Bertz CT molecular complexity index is 1940. The fourth-order valence-electron chi connectivity index (χ4n) is 4.85. The first-order valence-corrected chi connectivity index (χ1v) is 15.4. The number of carbonyl (C=O) groups excluding carboxylic acids is 1. The molecular weight excluding hydrogens is 571 g/mol. The summed E-state index contributed by atoms with van der Waals surface area (Å²) in [5.41, 5.74) is 4.95. The van der Waals surface area contributed by atoms with Gasteiger partial charge in [-0.1, -0.05) is 31.2 Å². The number of hydrogen-bond donors (Lipinski definition) is 3. The number of rotatable bonds is 10. The summed E-state index contributed by atoms with van der Waals surface area (Å²) in [6.45, 7) is 3.91. The number of hydrogen-bond acceptors (Lipinski definition) is 8. The van der Waals surface area contributed by atoms with Crippen molar-refractivity contribution in [3.63, 3.8) is 0 Å². The SMILES string of the molecule is CCc1cc(O)c(F)cc1-c1cc2[nH]nc(C(=O)Cc3ccc(C)nc3)c2c(NCc2ccccc2N(C)S(C)(=O)=O)n1. The Balaban J connectivity index is 1.61. The average molecular weight is 603 g/mol. The topological polar surface area (TPSA) is 141 Å². The summed E-state index contributed by atoms with van der Waals surface area (Å²) in [5.74, 6) is -1.18. The molecule has 3 heterocycles. The smallest absolute Gasteiger partial charge is 0.232 e. The van der Waals surface area contributed by atoms with Crippen molar-refractivity contribution < 1.29 is 22.7 Å². The van der Waals surface area contributed by atoms with Crippen LogP contribution in [0.4, 0.5) is 15.9 Å². The van der Waals surface area contributed by atoms with Gasteiger partial charge in [0, 0.05) is 37.5 Å². The standard InChI is InChI=1S/C31H31FN6O4S/c1-5-20-13-27(39)23(32)14-22(20)24-15-25-29(30(37-36-25)28(40)12-19-11-10-18(2)33-16-19)31(35-24)34-17-21-8-6-7-9-26(21)38(3)43(4,41)42/h6-11,13-16,39H,5,12,17H2,1-4H3,(H,34,35)(H,36,37). The van der Waals surface area contributed by atoms with E-state index < -0.39 is 21.6 Å². The van der Waals surface area contributed by atoms with E-state index in [9.17, 15) is 22.7 Å². The van der Waals surface area contributed by atoms with Crippen LogP contribution in [0, 0.1) is 12.7 Å². The molecule has 3 N–H and O–H groups in total. The van der Waals surface area contributed by atoms with Gasteiger partial charge in [-0.25, -0.2) is 17.8 Å². The lowest BCUT2D eigenvalue weighted by Gasteiger charge is -2.21. The van der Waals surface area contributed by atoms with E-state index in [0.29, 0.717) is 51.2 Å². The van der Waals surface area contributed by atoms with Crippen molar-refractivity contribution in [3.05, 3.63) is 94.7 Å². The number of phenols is 1. The number of pyridine rings is 2. The number of phenolic OH excluding ortho intramolecular Hbond substituents is 1. The number of nitrogens with one attached hydrogen (secondary N) is 2. The van der Waals surface area contributed by atoms with E-state index in [4.69, 9.17) is 4.98 Å². The number of sulfonamides is 1. The Morgan fingerprint density at radius 2 is 1.88 bits per heavy atom. The number of aryl methyl sites for hydroxylation is 2. The molecule has 0 radical (unpaired) electrons. The van der Waals surface area contributed by atoms with E-state index in [-0.39, 0.29) is 24.4 Å². The Hall–Kier alpha value is -4.84. The van der Waals surface area contributed by atoms with Crippen LogP contribution in [-0.2, 0) is 29.4 Å². The van der Waals surface area contributed by atoms with Crippen LogP contribution in [-0.4, -0.2) is 52.8 Å². The molecule has 12 heteroatoms. The second-order valence-electron chi connectivity index (χ2n) is 10.3. The highest BCUT2D eigenvalue weighted by Crippen LogP contribution is 2.34. The zero-order chi connectivity index (χ0) is 30.9. The van der Waals surface area contributed by atoms with Crippen molar-refractivity contribution in [3.8, 4) is 17.0 Å². The monoisotopic (exact) mass is 602 g/mol. The van der Waals surface area contributed by atoms with Gasteiger partial charge in [-0.2, -0.15) is 5.10 Å². The van der Waals surface area contributed by atoms with Crippen molar-refractivity contribution in [2.24, 2.45) is 0 Å². The predicted molar refractivity (Wildman–Crippen MR) is 164 cm³/mol. The second-order valence-corrected chi connectivity index (χ2v) is 12.3. The van der Waals surface area contributed by atoms with Gasteiger partial charge in [0.05, 0.1) is 28.5 Å². The van der Waals surface area contributed by atoms with Crippen LogP contribution < -0.4 is 9.62 Å². The number of fused-ring (bicyclic) bond motifs is 1. The number of carbonyl (C=O) groups is 1. The molecule has 0 saturated carbocycles. The highest BCUT2D eigenvalue weighted by atomic mass is 32.2. The normalized spacial score (nSPS) is 11.6. The van der Waals surface area contributed by atoms with Gasteiger partial charge in [-0.3, -0.25) is 19.2 Å². The van der Waals surface area contributed by atoms with Gasteiger partial charge in [0.25, 0.3) is 0 Å². The number of H-pyrrole nitrogens is 1. The van der Waals surface area contributed by atoms with Crippen LogP contribution in [0.15, 0.2) is 60.8 Å². The fraction of sp³-hybridized carbons (Fsp3) is 0.226. The third-order valence-electron chi connectivity index (χ3n) is 7.25. The summed E-state index contributed by atoms with van der Waals surface area (Å²) in [6.07, 6.45) is 3.35. The van der Waals surface area contributed by atoms with Gasteiger partial charge >= 0.3 is 0 Å². The maximum atomic E-state index is 14.5. The predicted octanol–water partition coefficient (Wildman–Crippen LogP) is 5.17. The first-order valence-electron chi connectivity index (χ1n) is 13.6. The van der Waals surface area contributed by atoms with Gasteiger partial charge in [-0.05, 0) is 60.4 Å². The van der Waals surface area contributed by atoms with Crippen LogP contribution in [0.25, 0.3) is 22.2 Å². The summed E-state index contributed by atoms with van der Waals surface area (Å²) in [6, 6.07) is 15.0. The van der Waals surface area contributed by atoms with E-state index >= 15 is 0 Å². The lowest BCUT2D eigenvalue weighted by Crippen LogP contribution is -2.26. The molecule has 3 aromatic heterocycles. The van der Waals surface area contributed by atoms with E-state index in [2.05, 4.69) is 20.5 Å². The third kappa shape index (κ3) is 6.19. The van der Waals surface area contributed by atoms with E-state index in [0.717, 1.165) is 17.5 Å². The molecule has 0 aliphatic carbocycles. The zero-order valence-corrected chi connectivity index (χ0v) is 25.0. The highest BCUT2D eigenvalue weighted by molar-refractivity contribution is 7.92. The van der Waals surface area contributed by atoms with Gasteiger partial charge < -0.3 is 10.4 Å².